The van der Waals surface area contributed by atoms with Gasteiger partial charge in [0.15, 0.2) is 0 Å². The standard InChI is InChI=1S/C22H19Cl4NO/c23-18-5-3-16(21(25)11-18)9-10-27-13-15-1-7-20(8-2-15)28-14-17-4-6-19(24)12-22(17)26/h1-8,11-12,27H,9-10,13-14H2. The molecule has 0 heterocycles. The van der Waals surface area contributed by atoms with E-state index in [9.17, 15) is 0 Å². The molecule has 3 rings (SSSR count). The maximum atomic E-state index is 6.19. The third-order valence-corrected chi connectivity index (χ3v) is 5.42. The Balaban J connectivity index is 1.44. The minimum atomic E-state index is 0.398. The average Bonchev–Trinajstić information content (AvgIpc) is 2.67. The highest BCUT2D eigenvalue weighted by Crippen LogP contribution is 2.23. The van der Waals surface area contributed by atoms with E-state index >= 15 is 0 Å². The van der Waals surface area contributed by atoms with Crippen molar-refractivity contribution >= 4 is 46.4 Å². The van der Waals surface area contributed by atoms with Gasteiger partial charge in [-0.05, 0) is 60.5 Å². The van der Waals surface area contributed by atoms with Crippen molar-refractivity contribution in [3.63, 3.8) is 0 Å². The smallest absolute Gasteiger partial charge is 0.119 e. The molecule has 0 radical (unpaired) electrons. The summed E-state index contributed by atoms with van der Waals surface area (Å²) in [5, 5.41) is 6.00. The molecule has 0 fully saturated rings. The zero-order chi connectivity index (χ0) is 19.9. The summed E-state index contributed by atoms with van der Waals surface area (Å²) in [6, 6.07) is 19.0. The molecule has 0 unspecified atom stereocenters. The van der Waals surface area contributed by atoms with Gasteiger partial charge in [-0.3, -0.25) is 0 Å². The highest BCUT2D eigenvalue weighted by molar-refractivity contribution is 6.35. The van der Waals surface area contributed by atoms with Crippen LogP contribution in [0, 0.1) is 0 Å². The van der Waals surface area contributed by atoms with Crippen molar-refractivity contribution in [2.75, 3.05) is 6.54 Å². The second-order valence-corrected chi connectivity index (χ2v) is 8.02. The predicted octanol–water partition coefficient (Wildman–Crippen LogP) is 7.21. The topological polar surface area (TPSA) is 21.3 Å². The minimum absolute atomic E-state index is 0.398. The van der Waals surface area contributed by atoms with E-state index < -0.39 is 0 Å². The van der Waals surface area contributed by atoms with E-state index in [2.05, 4.69) is 5.32 Å². The Labute approximate surface area is 185 Å². The molecule has 146 valence electrons. The normalized spacial score (nSPS) is 10.9. The molecule has 0 aliphatic carbocycles. The highest BCUT2D eigenvalue weighted by atomic mass is 35.5. The van der Waals surface area contributed by atoms with Crippen molar-refractivity contribution in [1.29, 1.82) is 0 Å². The molecule has 0 saturated carbocycles. The van der Waals surface area contributed by atoms with Crippen LogP contribution in [0.4, 0.5) is 0 Å². The number of hydrogen-bond donors (Lipinski definition) is 1. The summed E-state index contributed by atoms with van der Waals surface area (Å²) >= 11 is 24.2. The minimum Gasteiger partial charge on any atom is -0.489 e. The van der Waals surface area contributed by atoms with E-state index in [1.54, 1.807) is 18.2 Å². The molecule has 0 atom stereocenters. The van der Waals surface area contributed by atoms with Crippen molar-refractivity contribution in [2.45, 2.75) is 19.6 Å². The number of ether oxygens (including phenoxy) is 1. The van der Waals surface area contributed by atoms with Gasteiger partial charge in [0.2, 0.25) is 0 Å². The molecular formula is C22H19Cl4NO. The van der Waals surface area contributed by atoms with Crippen LogP contribution in [-0.2, 0) is 19.6 Å². The van der Waals surface area contributed by atoms with Crippen LogP contribution < -0.4 is 10.1 Å². The second kappa shape index (κ2) is 10.4. The summed E-state index contributed by atoms with van der Waals surface area (Å²) in [7, 11) is 0. The maximum absolute atomic E-state index is 6.19. The first-order valence-corrected chi connectivity index (χ1v) is 10.3. The van der Waals surface area contributed by atoms with E-state index in [1.165, 1.54) is 5.56 Å². The maximum Gasteiger partial charge on any atom is 0.119 e. The van der Waals surface area contributed by atoms with E-state index in [4.69, 9.17) is 51.1 Å². The molecule has 0 aromatic heterocycles. The third-order valence-electron chi connectivity index (χ3n) is 4.25. The van der Waals surface area contributed by atoms with E-state index in [1.807, 2.05) is 42.5 Å². The molecule has 0 bridgehead atoms. The summed E-state index contributed by atoms with van der Waals surface area (Å²) in [5.74, 6) is 0.794. The predicted molar refractivity (Wildman–Crippen MR) is 119 cm³/mol. The molecule has 0 aliphatic rings. The molecule has 0 aliphatic heterocycles. The van der Waals surface area contributed by atoms with Crippen molar-refractivity contribution in [2.24, 2.45) is 0 Å². The van der Waals surface area contributed by atoms with Crippen molar-refractivity contribution in [3.8, 4) is 5.75 Å². The van der Waals surface area contributed by atoms with Crippen molar-refractivity contribution in [1.82, 2.24) is 5.32 Å². The first kappa shape index (κ1) is 21.3. The van der Waals surface area contributed by atoms with Gasteiger partial charge in [-0.2, -0.15) is 0 Å². The van der Waals surface area contributed by atoms with Crippen LogP contribution in [-0.4, -0.2) is 6.54 Å². The lowest BCUT2D eigenvalue weighted by atomic mass is 10.1. The van der Waals surface area contributed by atoms with Gasteiger partial charge < -0.3 is 10.1 Å². The van der Waals surface area contributed by atoms with E-state index in [0.29, 0.717) is 26.7 Å². The van der Waals surface area contributed by atoms with Gasteiger partial charge in [0.05, 0.1) is 0 Å². The Morgan fingerprint density at radius 3 is 1.93 bits per heavy atom. The summed E-state index contributed by atoms with van der Waals surface area (Å²) in [5.41, 5.74) is 3.17. The summed E-state index contributed by atoms with van der Waals surface area (Å²) < 4.78 is 5.80. The number of rotatable bonds is 8. The number of hydrogen-bond acceptors (Lipinski definition) is 2. The fourth-order valence-electron chi connectivity index (χ4n) is 2.68. The molecule has 0 amide bonds. The second-order valence-electron chi connectivity index (χ2n) is 6.33. The zero-order valence-corrected chi connectivity index (χ0v) is 18.0. The molecular weight excluding hydrogens is 436 g/mol. The molecule has 1 N–H and O–H groups in total. The Hall–Kier alpha value is -1.42. The summed E-state index contributed by atoms with van der Waals surface area (Å²) in [6.07, 6.45) is 0.846. The van der Waals surface area contributed by atoms with Crippen LogP contribution in [0.2, 0.25) is 20.1 Å². The van der Waals surface area contributed by atoms with Crippen LogP contribution in [0.25, 0.3) is 0 Å². The molecule has 0 spiro atoms. The van der Waals surface area contributed by atoms with Gasteiger partial charge in [0.1, 0.15) is 12.4 Å². The van der Waals surface area contributed by atoms with Crippen LogP contribution in [0.5, 0.6) is 5.75 Å². The highest BCUT2D eigenvalue weighted by Gasteiger charge is 2.04. The zero-order valence-electron chi connectivity index (χ0n) is 15.0. The van der Waals surface area contributed by atoms with Crippen LogP contribution in [0.3, 0.4) is 0 Å². The van der Waals surface area contributed by atoms with E-state index in [0.717, 1.165) is 36.4 Å². The SMILES string of the molecule is Clc1ccc(CCNCc2ccc(OCc3ccc(Cl)cc3Cl)cc2)c(Cl)c1. The first-order valence-electron chi connectivity index (χ1n) is 8.81. The van der Waals surface area contributed by atoms with Crippen molar-refractivity contribution < 1.29 is 4.74 Å². The molecule has 0 saturated heterocycles. The monoisotopic (exact) mass is 453 g/mol. The fraction of sp³-hybridized carbons (Fsp3) is 0.182. The van der Waals surface area contributed by atoms with Gasteiger partial charge in [-0.25, -0.2) is 0 Å². The first-order chi connectivity index (χ1) is 13.5. The molecule has 28 heavy (non-hydrogen) atoms. The molecule has 3 aromatic carbocycles. The largest absolute Gasteiger partial charge is 0.489 e. The molecule has 2 nitrogen and oxygen atoms in total. The fourth-order valence-corrected chi connectivity index (χ4v) is 3.65. The van der Waals surface area contributed by atoms with Crippen LogP contribution in [0.15, 0.2) is 60.7 Å². The quantitative estimate of drug-likeness (QED) is 0.363. The lowest BCUT2D eigenvalue weighted by Crippen LogP contribution is -2.16. The van der Waals surface area contributed by atoms with E-state index in [-0.39, 0.29) is 0 Å². The Kier molecular flexibility index (Phi) is 7.90. The Morgan fingerprint density at radius 1 is 0.714 bits per heavy atom. The van der Waals surface area contributed by atoms with Crippen LogP contribution in [0.1, 0.15) is 16.7 Å². The number of halogens is 4. The molecule has 3 aromatic rings. The Bertz CT molecular complexity index is 928. The van der Waals surface area contributed by atoms with Crippen molar-refractivity contribution in [3.05, 3.63) is 97.4 Å². The average molecular weight is 455 g/mol. The van der Waals surface area contributed by atoms with Gasteiger partial charge in [-0.1, -0.05) is 70.7 Å². The third kappa shape index (κ3) is 6.30. The summed E-state index contributed by atoms with van der Waals surface area (Å²) in [4.78, 5) is 0. The number of benzene rings is 3. The Morgan fingerprint density at radius 2 is 1.32 bits per heavy atom. The molecule has 6 heteroatoms. The lowest BCUT2D eigenvalue weighted by molar-refractivity contribution is 0.306. The van der Waals surface area contributed by atoms with Crippen LogP contribution >= 0.6 is 46.4 Å². The van der Waals surface area contributed by atoms with Gasteiger partial charge in [-0.15, -0.1) is 0 Å². The van der Waals surface area contributed by atoms with Gasteiger partial charge >= 0.3 is 0 Å². The van der Waals surface area contributed by atoms with Gasteiger partial charge in [0, 0.05) is 32.2 Å². The van der Waals surface area contributed by atoms with Gasteiger partial charge in [0.25, 0.3) is 0 Å². The lowest BCUT2D eigenvalue weighted by Gasteiger charge is -2.10. The number of nitrogens with one attached hydrogen (secondary N) is 1. The summed E-state index contributed by atoms with van der Waals surface area (Å²) in [6.45, 7) is 2.00.